The summed E-state index contributed by atoms with van der Waals surface area (Å²) < 4.78 is 2.13. The lowest BCUT2D eigenvalue weighted by Crippen LogP contribution is -1.97. The van der Waals surface area contributed by atoms with Gasteiger partial charge in [-0.15, -0.1) is 0 Å². The van der Waals surface area contributed by atoms with E-state index in [0.29, 0.717) is 0 Å². The van der Waals surface area contributed by atoms with Crippen molar-refractivity contribution in [2.24, 2.45) is 0 Å². The van der Waals surface area contributed by atoms with Crippen molar-refractivity contribution in [3.8, 4) is 50.5 Å². The van der Waals surface area contributed by atoms with Gasteiger partial charge in [0.1, 0.15) is 5.69 Å². The standard InChI is InChI=1S/C47H30N4/c1-4-11-32(12-5-1)40-30-38-25-24-37(29-41(38)47-43(40)44(34-13-6-2-7-14-34)50-51(47)39-16-8-3-9-17-39)31-18-20-33(21-19-31)42-27-26-36-23-22-35-15-10-28-48-45(35)46(36)49-42/h1-30H. The van der Waals surface area contributed by atoms with Crippen molar-refractivity contribution in [1.82, 2.24) is 19.7 Å². The zero-order valence-electron chi connectivity index (χ0n) is 27.6. The Morgan fingerprint density at radius 1 is 0.431 bits per heavy atom. The maximum Gasteiger partial charge on any atom is 0.101 e. The van der Waals surface area contributed by atoms with Gasteiger partial charge in [0.05, 0.1) is 27.9 Å². The van der Waals surface area contributed by atoms with Gasteiger partial charge in [0.2, 0.25) is 0 Å². The monoisotopic (exact) mass is 650 g/mol. The first-order valence-electron chi connectivity index (χ1n) is 17.2. The third-order valence-corrected chi connectivity index (χ3v) is 9.84. The number of nitrogens with zero attached hydrogens (tertiary/aromatic N) is 4. The molecule has 0 radical (unpaired) electrons. The maximum atomic E-state index is 5.36. The molecule has 0 aliphatic heterocycles. The Bertz CT molecular complexity index is 2880. The molecule has 3 heterocycles. The summed E-state index contributed by atoms with van der Waals surface area (Å²) >= 11 is 0. The van der Waals surface area contributed by atoms with E-state index in [2.05, 4.69) is 180 Å². The van der Waals surface area contributed by atoms with Crippen LogP contribution in [0.4, 0.5) is 0 Å². The summed E-state index contributed by atoms with van der Waals surface area (Å²) in [6.07, 6.45) is 1.83. The number of hydrogen-bond acceptors (Lipinski definition) is 3. The van der Waals surface area contributed by atoms with Gasteiger partial charge in [0, 0.05) is 38.9 Å². The maximum absolute atomic E-state index is 5.36. The Labute approximate surface area is 294 Å². The van der Waals surface area contributed by atoms with Crippen LogP contribution in [0.3, 0.4) is 0 Å². The topological polar surface area (TPSA) is 43.6 Å². The van der Waals surface area contributed by atoms with Crippen LogP contribution in [0.2, 0.25) is 0 Å². The average molecular weight is 651 g/mol. The molecule has 4 heteroatoms. The first-order chi connectivity index (χ1) is 25.3. The van der Waals surface area contributed by atoms with Crippen molar-refractivity contribution in [3.63, 3.8) is 0 Å². The number of aromatic nitrogens is 4. The molecule has 10 rings (SSSR count). The lowest BCUT2D eigenvalue weighted by atomic mass is 9.92. The molecule has 0 amide bonds. The van der Waals surface area contributed by atoms with Crippen LogP contribution in [-0.4, -0.2) is 19.7 Å². The minimum Gasteiger partial charge on any atom is -0.254 e. The highest BCUT2D eigenvalue weighted by molar-refractivity contribution is 6.18. The van der Waals surface area contributed by atoms with Gasteiger partial charge in [-0.3, -0.25) is 4.98 Å². The number of rotatable bonds is 5. The van der Waals surface area contributed by atoms with Gasteiger partial charge in [-0.2, -0.15) is 5.10 Å². The summed E-state index contributed by atoms with van der Waals surface area (Å²) in [6, 6.07) is 62.0. The quantitative estimate of drug-likeness (QED) is 0.174. The van der Waals surface area contributed by atoms with Gasteiger partial charge in [0.15, 0.2) is 0 Å². The Morgan fingerprint density at radius 3 is 1.82 bits per heavy atom. The van der Waals surface area contributed by atoms with Crippen molar-refractivity contribution >= 4 is 43.5 Å². The molecule has 0 unspecified atom stereocenters. The Kier molecular flexibility index (Phi) is 6.78. The summed E-state index contributed by atoms with van der Waals surface area (Å²) in [6.45, 7) is 0. The molecule has 0 bridgehead atoms. The van der Waals surface area contributed by atoms with Crippen LogP contribution in [0.1, 0.15) is 0 Å². The van der Waals surface area contributed by atoms with E-state index in [9.17, 15) is 0 Å². The van der Waals surface area contributed by atoms with Gasteiger partial charge >= 0.3 is 0 Å². The van der Waals surface area contributed by atoms with Gasteiger partial charge < -0.3 is 0 Å². The summed E-state index contributed by atoms with van der Waals surface area (Å²) in [4.78, 5) is 9.72. The zero-order valence-corrected chi connectivity index (χ0v) is 27.6. The van der Waals surface area contributed by atoms with Crippen LogP contribution in [0.5, 0.6) is 0 Å². The van der Waals surface area contributed by atoms with Crippen molar-refractivity contribution in [3.05, 3.63) is 182 Å². The Morgan fingerprint density at radius 2 is 1.06 bits per heavy atom. The minimum absolute atomic E-state index is 0.924. The number of para-hydroxylation sites is 1. The fourth-order valence-electron chi connectivity index (χ4n) is 7.33. The third-order valence-electron chi connectivity index (χ3n) is 9.84. The van der Waals surface area contributed by atoms with E-state index in [1.54, 1.807) is 0 Å². The molecule has 10 aromatic rings. The van der Waals surface area contributed by atoms with Crippen LogP contribution in [-0.2, 0) is 0 Å². The molecule has 238 valence electrons. The fourth-order valence-corrected chi connectivity index (χ4v) is 7.33. The molecule has 0 spiro atoms. The predicted octanol–water partition coefficient (Wildman–Crippen LogP) is 11.9. The second-order valence-electron chi connectivity index (χ2n) is 12.9. The molecule has 3 aromatic heterocycles. The number of fused-ring (bicyclic) bond motifs is 6. The highest BCUT2D eigenvalue weighted by atomic mass is 15.3. The first-order valence-corrected chi connectivity index (χ1v) is 17.2. The number of benzene rings is 7. The highest BCUT2D eigenvalue weighted by Gasteiger charge is 2.21. The Balaban J connectivity index is 1.16. The lowest BCUT2D eigenvalue weighted by molar-refractivity contribution is 0.918. The second-order valence-corrected chi connectivity index (χ2v) is 12.9. The van der Waals surface area contributed by atoms with Gasteiger partial charge in [-0.25, -0.2) is 9.67 Å². The molecule has 0 N–H and O–H groups in total. The molecule has 0 aliphatic rings. The first kappa shape index (κ1) is 29.0. The average Bonchev–Trinajstić information content (AvgIpc) is 3.62. The van der Waals surface area contributed by atoms with Crippen molar-refractivity contribution < 1.29 is 0 Å². The molecule has 0 fully saturated rings. The molecular formula is C47H30N4. The number of hydrogen-bond donors (Lipinski definition) is 0. The summed E-state index contributed by atoms with van der Waals surface area (Å²) in [7, 11) is 0. The minimum atomic E-state index is 0.924. The molecule has 51 heavy (non-hydrogen) atoms. The van der Waals surface area contributed by atoms with Crippen LogP contribution < -0.4 is 0 Å². The van der Waals surface area contributed by atoms with E-state index in [1.165, 1.54) is 16.5 Å². The summed E-state index contributed by atoms with van der Waals surface area (Å²) in [5.41, 5.74) is 12.6. The Hall–Kier alpha value is -6.91. The van der Waals surface area contributed by atoms with Crippen LogP contribution in [0.15, 0.2) is 182 Å². The van der Waals surface area contributed by atoms with Crippen molar-refractivity contribution in [1.29, 1.82) is 0 Å². The zero-order chi connectivity index (χ0) is 33.7. The van der Waals surface area contributed by atoms with Crippen LogP contribution in [0, 0.1) is 0 Å². The van der Waals surface area contributed by atoms with Gasteiger partial charge in [-0.1, -0.05) is 140 Å². The van der Waals surface area contributed by atoms with E-state index in [0.717, 1.165) is 77.4 Å². The molecule has 0 aliphatic carbocycles. The molecule has 4 nitrogen and oxygen atoms in total. The summed E-state index contributed by atoms with van der Waals surface area (Å²) in [5, 5.41) is 11.0. The normalized spacial score (nSPS) is 11.5. The van der Waals surface area contributed by atoms with Gasteiger partial charge in [-0.05, 0) is 64.0 Å². The van der Waals surface area contributed by atoms with E-state index < -0.39 is 0 Å². The van der Waals surface area contributed by atoms with Gasteiger partial charge in [0.25, 0.3) is 0 Å². The predicted molar refractivity (Wildman–Crippen MR) is 211 cm³/mol. The van der Waals surface area contributed by atoms with E-state index in [1.807, 2.05) is 12.3 Å². The molecule has 7 aromatic carbocycles. The summed E-state index contributed by atoms with van der Waals surface area (Å²) in [5.74, 6) is 0. The molecule has 0 saturated carbocycles. The lowest BCUT2D eigenvalue weighted by Gasteiger charge is -2.13. The molecular weight excluding hydrogens is 621 g/mol. The molecule has 0 atom stereocenters. The van der Waals surface area contributed by atoms with E-state index >= 15 is 0 Å². The largest absolute Gasteiger partial charge is 0.254 e. The van der Waals surface area contributed by atoms with E-state index in [-0.39, 0.29) is 0 Å². The highest BCUT2D eigenvalue weighted by Crippen LogP contribution is 2.42. The smallest absolute Gasteiger partial charge is 0.101 e. The van der Waals surface area contributed by atoms with Crippen LogP contribution >= 0.6 is 0 Å². The van der Waals surface area contributed by atoms with Crippen LogP contribution in [0.25, 0.3) is 93.9 Å². The third kappa shape index (κ3) is 4.96. The van der Waals surface area contributed by atoms with Crippen molar-refractivity contribution in [2.75, 3.05) is 0 Å². The van der Waals surface area contributed by atoms with Crippen molar-refractivity contribution in [2.45, 2.75) is 0 Å². The second kappa shape index (κ2) is 11.9. The fraction of sp³-hybridized carbons (Fsp3) is 0. The molecule has 0 saturated heterocycles. The van der Waals surface area contributed by atoms with E-state index in [4.69, 9.17) is 10.1 Å². The SMILES string of the molecule is c1ccc(-c2cc3ccc(-c4ccc(-c5ccc6ccc7cccnc7c6n5)cc4)cc3c3c2c(-c2ccccc2)nn3-c2ccccc2)cc1. The number of pyridine rings is 2.